The fraction of sp³-hybridized carbons (Fsp3) is 0.368. The van der Waals surface area contributed by atoms with Crippen molar-refractivity contribution in [2.24, 2.45) is 11.7 Å². The fourth-order valence-corrected chi connectivity index (χ4v) is 3.64. The number of amides is 1. The van der Waals surface area contributed by atoms with Gasteiger partial charge < -0.3 is 10.7 Å². The maximum absolute atomic E-state index is 13.3. The number of hydrogen-bond donors (Lipinski definition) is 2. The van der Waals surface area contributed by atoms with Gasteiger partial charge in [-0.15, -0.1) is 0 Å². The summed E-state index contributed by atoms with van der Waals surface area (Å²) in [6.07, 6.45) is 9.22. The number of aromatic amines is 1. The lowest BCUT2D eigenvalue weighted by Gasteiger charge is -2.26. The van der Waals surface area contributed by atoms with Gasteiger partial charge in [-0.1, -0.05) is 7.43 Å². The number of H-pyrrole nitrogens is 1. The summed E-state index contributed by atoms with van der Waals surface area (Å²) in [6.45, 7) is 0. The number of nitrogens with one attached hydrogen (secondary N) is 1. The normalized spacial score (nSPS) is 20.4. The van der Waals surface area contributed by atoms with Gasteiger partial charge in [0.15, 0.2) is 0 Å². The number of aromatic nitrogens is 3. The molecule has 1 aliphatic carbocycles. The van der Waals surface area contributed by atoms with E-state index in [0.717, 1.165) is 47.7 Å². The molecule has 3 aromatic rings. The summed E-state index contributed by atoms with van der Waals surface area (Å²) < 4.78 is 15.3. The van der Waals surface area contributed by atoms with E-state index in [1.54, 1.807) is 6.07 Å². The maximum atomic E-state index is 13.3. The Balaban J connectivity index is 0.00000182. The summed E-state index contributed by atoms with van der Waals surface area (Å²) in [5.74, 6) is -0.446. The summed E-state index contributed by atoms with van der Waals surface area (Å²) in [5, 5.41) is 5.48. The van der Waals surface area contributed by atoms with Gasteiger partial charge in [0.1, 0.15) is 5.82 Å². The zero-order chi connectivity index (χ0) is 16.7. The summed E-state index contributed by atoms with van der Waals surface area (Å²) in [6, 6.07) is 5.05. The molecule has 0 saturated heterocycles. The molecule has 1 aromatic carbocycles. The minimum atomic E-state index is -0.252. The molecule has 3 N–H and O–H groups in total. The van der Waals surface area contributed by atoms with Crippen molar-refractivity contribution in [3.8, 4) is 11.1 Å². The zero-order valence-electron chi connectivity index (χ0n) is 13.2. The number of primary amides is 1. The number of benzene rings is 1. The minimum Gasteiger partial charge on any atom is -0.369 e. The van der Waals surface area contributed by atoms with Crippen LogP contribution in [0.15, 0.2) is 36.8 Å². The SMILES string of the molecule is C.NC(=O)C1CCC(n2cc(-c3c[nH]c4cc(F)ccc34)cn2)CC1. The number of nitrogens with zero attached hydrogens (tertiary/aromatic N) is 2. The second kappa shape index (κ2) is 6.70. The van der Waals surface area contributed by atoms with E-state index in [1.165, 1.54) is 12.1 Å². The van der Waals surface area contributed by atoms with Crippen molar-refractivity contribution in [2.45, 2.75) is 39.2 Å². The third-order valence-corrected chi connectivity index (χ3v) is 5.03. The molecule has 1 aliphatic rings. The topological polar surface area (TPSA) is 76.7 Å². The standard InChI is InChI=1S/C18H19FN4O.CH4/c19-13-3-6-15-16(9-21-17(15)7-13)12-8-22-23(10-12)14-4-1-11(2-5-14)18(20)24;/h3,6-11,14,21H,1-2,4-5H2,(H2,20,24);1H4. The first-order valence-electron chi connectivity index (χ1n) is 8.22. The van der Waals surface area contributed by atoms with Crippen LogP contribution < -0.4 is 5.73 Å². The molecule has 132 valence electrons. The molecule has 0 unspecified atom stereocenters. The molecule has 0 spiro atoms. The van der Waals surface area contributed by atoms with Crippen molar-refractivity contribution in [3.05, 3.63) is 42.6 Å². The molecule has 1 fully saturated rings. The van der Waals surface area contributed by atoms with Gasteiger partial charge >= 0.3 is 0 Å². The van der Waals surface area contributed by atoms with E-state index in [4.69, 9.17) is 5.73 Å². The predicted molar refractivity (Wildman–Crippen MR) is 96.4 cm³/mol. The van der Waals surface area contributed by atoms with E-state index in [1.807, 2.05) is 23.3 Å². The summed E-state index contributed by atoms with van der Waals surface area (Å²) in [5.41, 5.74) is 8.19. The third kappa shape index (κ3) is 3.16. The van der Waals surface area contributed by atoms with Gasteiger partial charge in [0.2, 0.25) is 5.91 Å². The van der Waals surface area contributed by atoms with Crippen molar-refractivity contribution >= 4 is 16.8 Å². The molecule has 0 atom stereocenters. The molecular formula is C19H23FN4O. The highest BCUT2D eigenvalue weighted by molar-refractivity contribution is 5.95. The second-order valence-electron chi connectivity index (χ2n) is 6.51. The van der Waals surface area contributed by atoms with Crippen LogP contribution in [-0.4, -0.2) is 20.7 Å². The zero-order valence-corrected chi connectivity index (χ0v) is 13.2. The van der Waals surface area contributed by atoms with Crippen molar-refractivity contribution < 1.29 is 9.18 Å². The Morgan fingerprint density at radius 3 is 2.76 bits per heavy atom. The first kappa shape index (κ1) is 17.2. The average molecular weight is 342 g/mol. The molecule has 1 saturated carbocycles. The van der Waals surface area contributed by atoms with Crippen LogP contribution in [0.5, 0.6) is 0 Å². The second-order valence-corrected chi connectivity index (χ2v) is 6.51. The number of carbonyl (C=O) groups is 1. The van der Waals surface area contributed by atoms with Crippen molar-refractivity contribution in [1.82, 2.24) is 14.8 Å². The molecule has 2 aromatic heterocycles. The Bertz CT molecular complexity index is 890. The number of carbonyl (C=O) groups excluding carboxylic acids is 1. The Kier molecular flexibility index (Phi) is 4.61. The van der Waals surface area contributed by atoms with E-state index in [2.05, 4.69) is 10.1 Å². The molecule has 5 nitrogen and oxygen atoms in total. The Morgan fingerprint density at radius 1 is 1.28 bits per heavy atom. The van der Waals surface area contributed by atoms with Crippen LogP contribution >= 0.6 is 0 Å². The minimum absolute atomic E-state index is 0. The average Bonchev–Trinajstić information content (AvgIpc) is 3.21. The van der Waals surface area contributed by atoms with Crippen LogP contribution in [-0.2, 0) is 4.79 Å². The van der Waals surface area contributed by atoms with E-state index in [0.29, 0.717) is 6.04 Å². The Morgan fingerprint density at radius 2 is 2.04 bits per heavy atom. The number of rotatable bonds is 3. The largest absolute Gasteiger partial charge is 0.369 e. The number of hydrogen-bond acceptors (Lipinski definition) is 2. The van der Waals surface area contributed by atoms with E-state index < -0.39 is 0 Å². The molecular weight excluding hydrogens is 319 g/mol. The first-order chi connectivity index (χ1) is 11.6. The van der Waals surface area contributed by atoms with Crippen molar-refractivity contribution in [2.75, 3.05) is 0 Å². The smallest absolute Gasteiger partial charge is 0.220 e. The van der Waals surface area contributed by atoms with Crippen LogP contribution in [0.25, 0.3) is 22.0 Å². The molecule has 25 heavy (non-hydrogen) atoms. The van der Waals surface area contributed by atoms with Gasteiger partial charge in [-0.3, -0.25) is 9.48 Å². The molecule has 1 amide bonds. The van der Waals surface area contributed by atoms with Gasteiger partial charge in [0.25, 0.3) is 0 Å². The molecule has 2 heterocycles. The van der Waals surface area contributed by atoms with Crippen molar-refractivity contribution in [1.29, 1.82) is 0 Å². The lowest BCUT2D eigenvalue weighted by molar-refractivity contribution is -0.122. The number of halogens is 1. The quantitative estimate of drug-likeness (QED) is 0.754. The van der Waals surface area contributed by atoms with E-state index in [-0.39, 0.29) is 25.1 Å². The van der Waals surface area contributed by atoms with Crippen LogP contribution in [0.3, 0.4) is 0 Å². The molecule has 4 rings (SSSR count). The van der Waals surface area contributed by atoms with Gasteiger partial charge in [-0.25, -0.2) is 4.39 Å². The van der Waals surface area contributed by atoms with Crippen LogP contribution in [0, 0.1) is 11.7 Å². The summed E-state index contributed by atoms with van der Waals surface area (Å²) >= 11 is 0. The number of nitrogens with two attached hydrogens (primary N) is 1. The summed E-state index contributed by atoms with van der Waals surface area (Å²) in [7, 11) is 0. The highest BCUT2D eigenvalue weighted by Gasteiger charge is 2.26. The molecule has 0 bridgehead atoms. The highest BCUT2D eigenvalue weighted by atomic mass is 19.1. The third-order valence-electron chi connectivity index (χ3n) is 5.03. The summed E-state index contributed by atoms with van der Waals surface area (Å²) in [4.78, 5) is 14.4. The van der Waals surface area contributed by atoms with Gasteiger partial charge in [0.05, 0.1) is 12.2 Å². The van der Waals surface area contributed by atoms with Crippen LogP contribution in [0.4, 0.5) is 4.39 Å². The van der Waals surface area contributed by atoms with E-state index >= 15 is 0 Å². The van der Waals surface area contributed by atoms with Crippen molar-refractivity contribution in [3.63, 3.8) is 0 Å². The lowest BCUT2D eigenvalue weighted by atomic mass is 9.86. The monoisotopic (exact) mass is 342 g/mol. The Labute approximate surface area is 146 Å². The van der Waals surface area contributed by atoms with Crippen LogP contribution in [0.2, 0.25) is 0 Å². The highest BCUT2D eigenvalue weighted by Crippen LogP contribution is 2.34. The molecule has 0 aliphatic heterocycles. The molecule has 0 radical (unpaired) electrons. The van der Waals surface area contributed by atoms with Crippen LogP contribution in [0.1, 0.15) is 39.2 Å². The van der Waals surface area contributed by atoms with Gasteiger partial charge in [-0.2, -0.15) is 5.10 Å². The fourth-order valence-electron chi connectivity index (χ4n) is 3.64. The first-order valence-corrected chi connectivity index (χ1v) is 8.22. The lowest BCUT2D eigenvalue weighted by Crippen LogP contribution is -2.28. The predicted octanol–water partition coefficient (Wildman–Crippen LogP) is 4.02. The molecule has 6 heteroatoms. The maximum Gasteiger partial charge on any atom is 0.220 e. The van der Waals surface area contributed by atoms with Gasteiger partial charge in [-0.05, 0) is 43.9 Å². The van der Waals surface area contributed by atoms with E-state index in [9.17, 15) is 9.18 Å². The Hall–Kier alpha value is -2.63. The van der Waals surface area contributed by atoms with Gasteiger partial charge in [0, 0.05) is 40.3 Å². The number of fused-ring (bicyclic) bond motifs is 1.